The summed E-state index contributed by atoms with van der Waals surface area (Å²) in [4.78, 5) is 0. The normalized spacial score (nSPS) is 10.9. The van der Waals surface area contributed by atoms with Crippen LogP contribution in [0.4, 0.5) is 5.69 Å². The third-order valence-electron chi connectivity index (χ3n) is 2.59. The van der Waals surface area contributed by atoms with E-state index < -0.39 is 0 Å². The molecule has 0 amide bonds. The van der Waals surface area contributed by atoms with Crippen molar-refractivity contribution >= 4 is 21.6 Å². The van der Waals surface area contributed by atoms with E-state index in [1.54, 1.807) is 0 Å². The summed E-state index contributed by atoms with van der Waals surface area (Å²) >= 11 is 3.58. The molecule has 96 valence electrons. The molecule has 0 heterocycles. The quantitative estimate of drug-likeness (QED) is 0.761. The molecule has 1 aromatic rings. The molecule has 1 rings (SSSR count). The minimum Gasteiger partial charge on any atom is -0.382 e. The number of hydrogen-bond donors (Lipinski definition) is 1. The van der Waals surface area contributed by atoms with Crippen molar-refractivity contribution in [3.63, 3.8) is 0 Å². The molecule has 0 aliphatic heterocycles. The Labute approximate surface area is 113 Å². The van der Waals surface area contributed by atoms with Gasteiger partial charge in [-0.3, -0.25) is 0 Å². The summed E-state index contributed by atoms with van der Waals surface area (Å²) in [6.07, 6.45) is 1.13. The maximum absolute atomic E-state index is 5.56. The lowest BCUT2D eigenvalue weighted by Crippen LogP contribution is -2.11. The highest BCUT2D eigenvalue weighted by atomic mass is 79.9. The van der Waals surface area contributed by atoms with Gasteiger partial charge in [0.2, 0.25) is 0 Å². The summed E-state index contributed by atoms with van der Waals surface area (Å²) in [5.74, 6) is 0.717. The number of aryl methyl sites for hydroxylation is 1. The molecule has 0 bridgehead atoms. The highest BCUT2D eigenvalue weighted by Gasteiger charge is 2.01. The van der Waals surface area contributed by atoms with Crippen LogP contribution < -0.4 is 5.32 Å². The second-order valence-electron chi connectivity index (χ2n) is 4.66. The fraction of sp³-hybridized carbons (Fsp3) is 0.571. The van der Waals surface area contributed by atoms with Crippen molar-refractivity contribution in [2.75, 3.05) is 25.1 Å². The molecule has 0 unspecified atom stereocenters. The van der Waals surface area contributed by atoms with Gasteiger partial charge in [-0.1, -0.05) is 26.0 Å². The van der Waals surface area contributed by atoms with Crippen LogP contribution in [-0.2, 0) is 4.74 Å². The Bertz CT molecular complexity index is 339. The molecule has 0 saturated carbocycles. The first-order valence-electron chi connectivity index (χ1n) is 6.18. The topological polar surface area (TPSA) is 21.3 Å². The van der Waals surface area contributed by atoms with Crippen molar-refractivity contribution in [1.29, 1.82) is 0 Å². The van der Waals surface area contributed by atoms with Crippen molar-refractivity contribution in [3.05, 3.63) is 28.2 Å². The molecule has 0 aliphatic carbocycles. The van der Waals surface area contributed by atoms with Gasteiger partial charge in [-0.25, -0.2) is 0 Å². The van der Waals surface area contributed by atoms with Crippen molar-refractivity contribution < 1.29 is 4.74 Å². The zero-order chi connectivity index (χ0) is 12.7. The highest BCUT2D eigenvalue weighted by Crippen LogP contribution is 2.25. The molecule has 0 radical (unpaired) electrons. The molecule has 0 spiro atoms. The lowest BCUT2D eigenvalue weighted by molar-refractivity contribution is 0.132. The van der Waals surface area contributed by atoms with Gasteiger partial charge in [0.25, 0.3) is 0 Å². The van der Waals surface area contributed by atoms with Crippen molar-refractivity contribution in [3.8, 4) is 0 Å². The number of ether oxygens (including phenoxy) is 1. The maximum atomic E-state index is 5.56. The van der Waals surface area contributed by atoms with Crippen LogP contribution in [0.2, 0.25) is 0 Å². The predicted octanol–water partition coefficient (Wildman–Crippen LogP) is 4.23. The summed E-state index contributed by atoms with van der Waals surface area (Å²) in [7, 11) is 0. The summed E-state index contributed by atoms with van der Waals surface area (Å²) in [5.41, 5.74) is 2.38. The monoisotopic (exact) mass is 299 g/mol. The Kier molecular flexibility index (Phi) is 6.60. The number of hydrogen-bond acceptors (Lipinski definition) is 2. The number of halogens is 1. The third kappa shape index (κ3) is 5.55. The first-order chi connectivity index (χ1) is 8.11. The Morgan fingerprint density at radius 3 is 2.76 bits per heavy atom. The molecule has 17 heavy (non-hydrogen) atoms. The zero-order valence-electron chi connectivity index (χ0n) is 10.9. The van der Waals surface area contributed by atoms with Crippen LogP contribution in [0.5, 0.6) is 0 Å². The molecular formula is C14H22BrNO. The molecule has 0 atom stereocenters. The van der Waals surface area contributed by atoms with Gasteiger partial charge in [-0.2, -0.15) is 0 Å². The van der Waals surface area contributed by atoms with Crippen LogP contribution in [0.25, 0.3) is 0 Å². The van der Waals surface area contributed by atoms with Gasteiger partial charge in [-0.05, 0) is 46.8 Å². The molecule has 0 fully saturated rings. The number of benzene rings is 1. The van der Waals surface area contributed by atoms with Gasteiger partial charge in [0.05, 0.1) is 6.61 Å². The lowest BCUT2D eigenvalue weighted by atomic mass is 10.1. The minimum absolute atomic E-state index is 0.717. The molecular weight excluding hydrogens is 278 g/mol. The van der Waals surface area contributed by atoms with Gasteiger partial charge in [0.15, 0.2) is 0 Å². The summed E-state index contributed by atoms with van der Waals surface area (Å²) in [5, 5.41) is 3.37. The van der Waals surface area contributed by atoms with Crippen molar-refractivity contribution in [1.82, 2.24) is 0 Å². The first kappa shape index (κ1) is 14.5. The summed E-state index contributed by atoms with van der Waals surface area (Å²) in [6, 6.07) is 6.22. The van der Waals surface area contributed by atoms with E-state index in [4.69, 9.17) is 4.74 Å². The van der Waals surface area contributed by atoms with Crippen LogP contribution in [0.3, 0.4) is 0 Å². The third-order valence-corrected chi connectivity index (χ3v) is 3.65. The van der Waals surface area contributed by atoms with Gasteiger partial charge in [-0.15, -0.1) is 0 Å². The largest absolute Gasteiger partial charge is 0.382 e. The Morgan fingerprint density at radius 1 is 1.29 bits per heavy atom. The molecule has 1 N–H and O–H groups in total. The molecule has 2 nitrogen and oxygen atoms in total. The van der Waals surface area contributed by atoms with Crippen LogP contribution >= 0.6 is 15.9 Å². The van der Waals surface area contributed by atoms with E-state index in [-0.39, 0.29) is 0 Å². The predicted molar refractivity (Wildman–Crippen MR) is 77.6 cm³/mol. The lowest BCUT2D eigenvalue weighted by Gasteiger charge is -2.11. The maximum Gasteiger partial charge on any atom is 0.0639 e. The van der Waals surface area contributed by atoms with Crippen molar-refractivity contribution in [2.45, 2.75) is 27.2 Å². The molecule has 1 aromatic carbocycles. The number of rotatable bonds is 7. The van der Waals surface area contributed by atoms with E-state index in [1.165, 1.54) is 5.56 Å². The molecule has 0 aliphatic rings. The van der Waals surface area contributed by atoms with E-state index in [1.807, 2.05) is 0 Å². The Hall–Kier alpha value is -0.540. The SMILES string of the molecule is Cc1cccc(NCCOCCC(C)C)c1Br. The summed E-state index contributed by atoms with van der Waals surface area (Å²) < 4.78 is 6.70. The van der Waals surface area contributed by atoms with Crippen molar-refractivity contribution in [2.24, 2.45) is 5.92 Å². The molecule has 0 aromatic heterocycles. The second kappa shape index (κ2) is 7.72. The standard InChI is InChI=1S/C14H22BrNO/c1-11(2)7-9-17-10-8-16-13-6-4-5-12(3)14(13)15/h4-6,11,16H,7-10H2,1-3H3. The van der Waals surface area contributed by atoms with Crippen LogP contribution in [0, 0.1) is 12.8 Å². The minimum atomic E-state index is 0.717. The second-order valence-corrected chi connectivity index (χ2v) is 5.45. The first-order valence-corrected chi connectivity index (χ1v) is 6.97. The average Bonchev–Trinajstić information content (AvgIpc) is 2.28. The smallest absolute Gasteiger partial charge is 0.0639 e. The van der Waals surface area contributed by atoms with E-state index in [9.17, 15) is 0 Å². The fourth-order valence-electron chi connectivity index (χ4n) is 1.46. The van der Waals surface area contributed by atoms with Crippen LogP contribution in [-0.4, -0.2) is 19.8 Å². The Balaban J connectivity index is 2.20. The number of anilines is 1. The number of nitrogens with one attached hydrogen (secondary N) is 1. The van der Waals surface area contributed by atoms with E-state index in [0.29, 0.717) is 5.92 Å². The van der Waals surface area contributed by atoms with Gasteiger partial charge >= 0.3 is 0 Å². The van der Waals surface area contributed by atoms with E-state index in [2.05, 4.69) is 60.2 Å². The summed E-state index contributed by atoms with van der Waals surface area (Å²) in [6.45, 7) is 8.98. The van der Waals surface area contributed by atoms with Crippen LogP contribution in [0.1, 0.15) is 25.8 Å². The fourth-order valence-corrected chi connectivity index (χ4v) is 1.87. The van der Waals surface area contributed by atoms with Crippen LogP contribution in [0.15, 0.2) is 22.7 Å². The molecule has 3 heteroatoms. The Morgan fingerprint density at radius 2 is 2.06 bits per heavy atom. The average molecular weight is 300 g/mol. The zero-order valence-corrected chi connectivity index (χ0v) is 12.5. The van der Waals surface area contributed by atoms with E-state index in [0.717, 1.165) is 36.3 Å². The van der Waals surface area contributed by atoms with Gasteiger partial charge in [0, 0.05) is 23.3 Å². The van der Waals surface area contributed by atoms with Gasteiger partial charge in [0.1, 0.15) is 0 Å². The highest BCUT2D eigenvalue weighted by molar-refractivity contribution is 9.10. The molecule has 0 saturated heterocycles. The van der Waals surface area contributed by atoms with E-state index >= 15 is 0 Å². The van der Waals surface area contributed by atoms with Gasteiger partial charge < -0.3 is 10.1 Å².